The third-order valence-corrected chi connectivity index (χ3v) is 2.25. The van der Waals surface area contributed by atoms with Crippen LogP contribution in [0.25, 0.3) is 11.1 Å². The summed E-state index contributed by atoms with van der Waals surface area (Å²) in [4.78, 5) is 23.5. The number of benzene rings is 1. The molecule has 0 aliphatic carbocycles. The quantitative estimate of drug-likeness (QED) is 0.703. The molecule has 0 fully saturated rings. The van der Waals surface area contributed by atoms with Crippen molar-refractivity contribution in [3.63, 3.8) is 0 Å². The number of carboxylic acid groups (broad SMARTS) is 1. The Kier molecular flexibility index (Phi) is 5.04. The monoisotopic (exact) mass is 260 g/mol. The van der Waals surface area contributed by atoms with Crippen LogP contribution in [0, 0.1) is 0 Å². The van der Waals surface area contributed by atoms with Crippen molar-refractivity contribution in [2.75, 3.05) is 0 Å². The zero-order chi connectivity index (χ0) is 14.3. The number of para-hydroxylation sites is 1. The molecule has 19 heavy (non-hydrogen) atoms. The lowest BCUT2D eigenvalue weighted by molar-refractivity contribution is -0.106. The fourth-order valence-corrected chi connectivity index (χ4v) is 1.50. The number of hydrogen-bond acceptors (Lipinski definition) is 4. The summed E-state index contributed by atoms with van der Waals surface area (Å²) in [6.45, 7) is 0. The molecule has 1 aromatic heterocycles. The Morgan fingerprint density at radius 2 is 1.84 bits per heavy atom. The van der Waals surface area contributed by atoms with Gasteiger partial charge >= 0.3 is 5.97 Å². The molecule has 0 aliphatic heterocycles. The molecule has 2 aromatic rings. The number of pyridine rings is 1. The van der Waals surface area contributed by atoms with Gasteiger partial charge in [0.2, 0.25) is 6.41 Å². The average Bonchev–Trinajstić information content (AvgIpc) is 2.40. The molecule has 0 radical (unpaired) electrons. The number of aromatic carboxylic acids is 1. The molecular weight excluding hydrogens is 248 g/mol. The molecule has 1 heterocycles. The maximum Gasteiger partial charge on any atom is 0.336 e. The van der Waals surface area contributed by atoms with Gasteiger partial charge < -0.3 is 15.9 Å². The third-order valence-electron chi connectivity index (χ3n) is 2.25. The van der Waals surface area contributed by atoms with Gasteiger partial charge in [0.1, 0.15) is 5.75 Å². The van der Waals surface area contributed by atoms with Crippen molar-refractivity contribution in [2.24, 2.45) is 5.73 Å². The Morgan fingerprint density at radius 3 is 2.42 bits per heavy atom. The Morgan fingerprint density at radius 1 is 1.21 bits per heavy atom. The van der Waals surface area contributed by atoms with E-state index in [0.29, 0.717) is 11.1 Å². The van der Waals surface area contributed by atoms with Crippen LogP contribution in [0.15, 0.2) is 42.7 Å². The molecular formula is C13H12N2O4. The summed E-state index contributed by atoms with van der Waals surface area (Å²) in [6, 6.07) is 7.97. The molecule has 1 aromatic carbocycles. The van der Waals surface area contributed by atoms with Crippen molar-refractivity contribution in [1.82, 2.24) is 4.98 Å². The van der Waals surface area contributed by atoms with Gasteiger partial charge in [0.15, 0.2) is 0 Å². The lowest BCUT2D eigenvalue weighted by atomic mass is 10.0. The van der Waals surface area contributed by atoms with Crippen molar-refractivity contribution < 1.29 is 19.8 Å². The highest BCUT2D eigenvalue weighted by atomic mass is 16.4. The van der Waals surface area contributed by atoms with Gasteiger partial charge in [0.25, 0.3) is 0 Å². The van der Waals surface area contributed by atoms with Gasteiger partial charge in [-0.1, -0.05) is 18.2 Å². The Bertz CT molecular complexity index is 584. The van der Waals surface area contributed by atoms with Gasteiger partial charge in [0, 0.05) is 23.5 Å². The first-order valence-corrected chi connectivity index (χ1v) is 5.22. The highest BCUT2D eigenvalue weighted by Gasteiger charge is 2.13. The Hall–Kier alpha value is -2.89. The van der Waals surface area contributed by atoms with Crippen molar-refractivity contribution >= 4 is 12.4 Å². The van der Waals surface area contributed by atoms with Gasteiger partial charge in [-0.3, -0.25) is 9.78 Å². The lowest BCUT2D eigenvalue weighted by Crippen LogP contribution is -1.99. The molecule has 0 bridgehead atoms. The number of carboxylic acids is 1. The van der Waals surface area contributed by atoms with E-state index in [1.54, 1.807) is 18.2 Å². The number of phenols is 1. The van der Waals surface area contributed by atoms with Crippen LogP contribution in [-0.4, -0.2) is 27.6 Å². The summed E-state index contributed by atoms with van der Waals surface area (Å²) in [5, 5.41) is 18.7. The molecule has 0 spiro atoms. The van der Waals surface area contributed by atoms with Crippen molar-refractivity contribution in [1.29, 1.82) is 0 Å². The summed E-state index contributed by atoms with van der Waals surface area (Å²) in [5.41, 5.74) is 5.16. The first-order valence-electron chi connectivity index (χ1n) is 5.22. The average molecular weight is 260 g/mol. The van der Waals surface area contributed by atoms with E-state index in [9.17, 15) is 9.90 Å². The van der Waals surface area contributed by atoms with Crippen LogP contribution in [0.5, 0.6) is 5.75 Å². The number of aromatic hydroxyl groups is 1. The predicted molar refractivity (Wildman–Crippen MR) is 68.5 cm³/mol. The number of phenolic OH excluding ortho intramolecular Hbond substituents is 1. The molecule has 4 N–H and O–H groups in total. The SMILES string of the molecule is NC=O.O=C(O)c1ccncc1-c1ccccc1O. The van der Waals surface area contributed by atoms with Crippen LogP contribution in [0.3, 0.4) is 0 Å². The summed E-state index contributed by atoms with van der Waals surface area (Å²) < 4.78 is 0. The van der Waals surface area contributed by atoms with E-state index < -0.39 is 5.97 Å². The number of primary amides is 1. The summed E-state index contributed by atoms with van der Waals surface area (Å²) >= 11 is 0. The largest absolute Gasteiger partial charge is 0.507 e. The van der Waals surface area contributed by atoms with Crippen LogP contribution >= 0.6 is 0 Å². The van der Waals surface area contributed by atoms with E-state index in [1.165, 1.54) is 24.5 Å². The number of amides is 1. The summed E-state index contributed by atoms with van der Waals surface area (Å²) in [5.74, 6) is -1.00. The number of carbonyl (C=O) groups excluding carboxylic acids is 1. The Labute approximate surface area is 109 Å². The van der Waals surface area contributed by atoms with Gasteiger partial charge in [0.05, 0.1) is 5.56 Å². The first kappa shape index (κ1) is 14.2. The zero-order valence-corrected chi connectivity index (χ0v) is 9.85. The molecule has 98 valence electrons. The fraction of sp³-hybridized carbons (Fsp3) is 0. The summed E-state index contributed by atoms with van der Waals surface area (Å²) in [6.07, 6.45) is 3.09. The van der Waals surface area contributed by atoms with E-state index in [0.717, 1.165) is 0 Å². The van der Waals surface area contributed by atoms with Crippen LogP contribution < -0.4 is 5.73 Å². The number of aromatic nitrogens is 1. The smallest absolute Gasteiger partial charge is 0.336 e. The van der Waals surface area contributed by atoms with E-state index >= 15 is 0 Å². The fourth-order valence-electron chi connectivity index (χ4n) is 1.50. The molecule has 1 amide bonds. The maximum absolute atomic E-state index is 11.0. The first-order chi connectivity index (χ1) is 9.11. The van der Waals surface area contributed by atoms with Gasteiger partial charge in [-0.05, 0) is 12.1 Å². The van der Waals surface area contributed by atoms with E-state index in [2.05, 4.69) is 10.7 Å². The van der Waals surface area contributed by atoms with Crippen LogP contribution in [-0.2, 0) is 4.79 Å². The second-order valence-corrected chi connectivity index (χ2v) is 3.38. The third kappa shape index (κ3) is 3.53. The molecule has 0 saturated heterocycles. The topological polar surface area (TPSA) is 114 Å². The van der Waals surface area contributed by atoms with Crippen molar-refractivity contribution in [2.45, 2.75) is 0 Å². The standard InChI is InChI=1S/C12H9NO3.CH3NO/c14-11-4-2-1-3-8(11)10-7-13-6-5-9(10)12(15)16;2-1-3/h1-7,14H,(H,15,16);1H,(H2,2,3). The minimum Gasteiger partial charge on any atom is -0.507 e. The predicted octanol–water partition coefficient (Wildman–Crippen LogP) is 1.25. The minimum absolute atomic E-state index is 0.0398. The Balaban J connectivity index is 0.000000550. The zero-order valence-electron chi connectivity index (χ0n) is 9.85. The molecule has 0 saturated carbocycles. The van der Waals surface area contributed by atoms with Gasteiger partial charge in [-0.15, -0.1) is 0 Å². The normalized spacial score (nSPS) is 9.05. The van der Waals surface area contributed by atoms with E-state index in [1.807, 2.05) is 0 Å². The minimum atomic E-state index is -1.04. The van der Waals surface area contributed by atoms with E-state index in [-0.39, 0.29) is 17.7 Å². The lowest BCUT2D eigenvalue weighted by Gasteiger charge is -2.06. The molecule has 0 atom stereocenters. The summed E-state index contributed by atoms with van der Waals surface area (Å²) in [7, 11) is 0. The second kappa shape index (κ2) is 6.75. The van der Waals surface area contributed by atoms with Gasteiger partial charge in [-0.2, -0.15) is 0 Å². The van der Waals surface area contributed by atoms with Crippen molar-refractivity contribution in [3.05, 3.63) is 48.3 Å². The number of hydrogen-bond donors (Lipinski definition) is 3. The molecule has 6 heteroatoms. The number of rotatable bonds is 2. The number of carbonyl (C=O) groups is 2. The molecule has 0 aliphatic rings. The van der Waals surface area contributed by atoms with Crippen LogP contribution in [0.1, 0.15) is 10.4 Å². The maximum atomic E-state index is 11.0. The number of nitrogens with zero attached hydrogens (tertiary/aromatic N) is 1. The van der Waals surface area contributed by atoms with Gasteiger partial charge in [-0.25, -0.2) is 4.79 Å². The van der Waals surface area contributed by atoms with E-state index in [4.69, 9.17) is 9.90 Å². The molecule has 2 rings (SSSR count). The second-order valence-electron chi connectivity index (χ2n) is 3.38. The highest BCUT2D eigenvalue weighted by Crippen LogP contribution is 2.30. The van der Waals surface area contributed by atoms with Crippen LogP contribution in [0.2, 0.25) is 0 Å². The highest BCUT2D eigenvalue weighted by molar-refractivity contribution is 5.96. The molecule has 6 nitrogen and oxygen atoms in total. The van der Waals surface area contributed by atoms with Crippen LogP contribution in [0.4, 0.5) is 0 Å². The van der Waals surface area contributed by atoms with Crippen molar-refractivity contribution in [3.8, 4) is 16.9 Å². The number of nitrogens with two attached hydrogens (primary N) is 1. The molecule has 0 unspecified atom stereocenters.